The lowest BCUT2D eigenvalue weighted by atomic mass is 10.4. The van der Waals surface area contributed by atoms with Gasteiger partial charge in [0.15, 0.2) is 0 Å². The van der Waals surface area contributed by atoms with Gasteiger partial charge in [0, 0.05) is 7.11 Å². The van der Waals surface area contributed by atoms with Crippen LogP contribution in [-0.2, 0) is 14.2 Å². The molecule has 0 aliphatic rings. The van der Waals surface area contributed by atoms with E-state index in [0.29, 0.717) is 13.2 Å². The van der Waals surface area contributed by atoms with Crippen LogP contribution >= 0.6 is 0 Å². The second-order valence-corrected chi connectivity index (χ2v) is 2.22. The van der Waals surface area contributed by atoms with E-state index in [1.54, 1.807) is 14.0 Å². The van der Waals surface area contributed by atoms with Crippen LogP contribution in [-0.4, -0.2) is 33.2 Å². The molecule has 3 nitrogen and oxygen atoms in total. The fraction of sp³-hybridized carbons (Fsp3) is 0.778. The number of methoxy groups -OCH3 is 1. The van der Waals surface area contributed by atoms with Gasteiger partial charge in [-0.15, -0.1) is 5.92 Å². The topological polar surface area (TPSA) is 27.7 Å². The molecule has 0 rings (SSSR count). The van der Waals surface area contributed by atoms with Crippen molar-refractivity contribution in [2.45, 2.75) is 20.0 Å². The Balaban J connectivity index is 3.12. The molecule has 12 heavy (non-hydrogen) atoms. The van der Waals surface area contributed by atoms with Gasteiger partial charge < -0.3 is 14.2 Å². The molecule has 0 aromatic rings. The molecule has 0 fully saturated rings. The van der Waals surface area contributed by atoms with Crippen molar-refractivity contribution >= 4 is 0 Å². The molecule has 0 aliphatic heterocycles. The van der Waals surface area contributed by atoms with Crippen LogP contribution in [0.3, 0.4) is 0 Å². The summed E-state index contributed by atoms with van der Waals surface area (Å²) in [6.45, 7) is 5.10. The molecule has 0 N–H and O–H groups in total. The van der Waals surface area contributed by atoms with Crippen LogP contribution in [0.15, 0.2) is 0 Å². The quantitative estimate of drug-likeness (QED) is 0.340. The van der Waals surface area contributed by atoms with Crippen molar-refractivity contribution in [1.29, 1.82) is 0 Å². The average Bonchev–Trinajstić information content (AvgIpc) is 2.05. The molecular weight excluding hydrogens is 156 g/mol. The lowest BCUT2D eigenvalue weighted by molar-refractivity contribution is -0.0780. The second-order valence-electron chi connectivity index (χ2n) is 2.22. The van der Waals surface area contributed by atoms with E-state index in [2.05, 4.69) is 11.8 Å². The molecule has 0 bridgehead atoms. The Hall–Kier alpha value is -0.560. The highest BCUT2D eigenvalue weighted by atomic mass is 16.7. The van der Waals surface area contributed by atoms with Crippen LogP contribution in [0, 0.1) is 11.8 Å². The minimum Gasteiger partial charge on any atom is -0.382 e. The van der Waals surface area contributed by atoms with Crippen molar-refractivity contribution in [2.24, 2.45) is 0 Å². The van der Waals surface area contributed by atoms with Gasteiger partial charge in [-0.05, 0) is 13.8 Å². The van der Waals surface area contributed by atoms with Gasteiger partial charge in [0.1, 0.15) is 12.9 Å². The van der Waals surface area contributed by atoms with E-state index in [4.69, 9.17) is 14.2 Å². The average molecular weight is 172 g/mol. The predicted octanol–water partition coefficient (Wildman–Crippen LogP) is 1.04. The summed E-state index contributed by atoms with van der Waals surface area (Å²) in [5, 5.41) is 0. The van der Waals surface area contributed by atoms with Gasteiger partial charge in [0.05, 0.1) is 13.2 Å². The van der Waals surface area contributed by atoms with E-state index in [1.807, 2.05) is 6.92 Å². The normalized spacial score (nSPS) is 11.9. The van der Waals surface area contributed by atoms with Crippen LogP contribution in [0.2, 0.25) is 0 Å². The van der Waals surface area contributed by atoms with E-state index < -0.39 is 0 Å². The highest BCUT2D eigenvalue weighted by Crippen LogP contribution is 1.88. The minimum atomic E-state index is -0.0578. The summed E-state index contributed by atoms with van der Waals surface area (Å²) in [5.41, 5.74) is 0. The molecule has 0 aromatic carbocycles. The SMILES string of the molecule is CC#CC(C)OCOCCOC. The van der Waals surface area contributed by atoms with Crippen molar-refractivity contribution in [2.75, 3.05) is 27.1 Å². The van der Waals surface area contributed by atoms with Crippen LogP contribution < -0.4 is 0 Å². The number of hydrogen-bond donors (Lipinski definition) is 0. The molecule has 0 aromatic heterocycles. The molecule has 0 aliphatic carbocycles. The summed E-state index contributed by atoms with van der Waals surface area (Å²) in [6, 6.07) is 0. The Morgan fingerprint density at radius 2 is 2.08 bits per heavy atom. The molecule has 0 saturated heterocycles. The lowest BCUT2D eigenvalue weighted by Gasteiger charge is -2.06. The molecule has 3 heteroatoms. The van der Waals surface area contributed by atoms with Crippen molar-refractivity contribution in [3.63, 3.8) is 0 Å². The summed E-state index contributed by atoms with van der Waals surface area (Å²) >= 11 is 0. The van der Waals surface area contributed by atoms with Crippen molar-refractivity contribution < 1.29 is 14.2 Å². The van der Waals surface area contributed by atoms with E-state index in [-0.39, 0.29) is 12.9 Å². The van der Waals surface area contributed by atoms with E-state index >= 15 is 0 Å². The maximum atomic E-state index is 5.18. The Bertz CT molecular complexity index is 146. The van der Waals surface area contributed by atoms with Crippen LogP contribution in [0.1, 0.15) is 13.8 Å². The van der Waals surface area contributed by atoms with E-state index in [0.717, 1.165) is 0 Å². The maximum absolute atomic E-state index is 5.18. The highest BCUT2D eigenvalue weighted by Gasteiger charge is 1.94. The fourth-order valence-corrected chi connectivity index (χ4v) is 0.596. The second kappa shape index (κ2) is 8.54. The van der Waals surface area contributed by atoms with Gasteiger partial charge >= 0.3 is 0 Å². The van der Waals surface area contributed by atoms with E-state index in [1.165, 1.54) is 0 Å². The first-order valence-corrected chi connectivity index (χ1v) is 3.91. The maximum Gasteiger partial charge on any atom is 0.148 e. The summed E-state index contributed by atoms with van der Waals surface area (Å²) in [6.07, 6.45) is -0.0578. The van der Waals surface area contributed by atoms with Gasteiger partial charge in [-0.1, -0.05) is 5.92 Å². The van der Waals surface area contributed by atoms with Gasteiger partial charge in [-0.2, -0.15) is 0 Å². The molecule has 0 heterocycles. The first-order chi connectivity index (χ1) is 5.81. The Morgan fingerprint density at radius 1 is 1.33 bits per heavy atom. The van der Waals surface area contributed by atoms with Crippen molar-refractivity contribution in [3.05, 3.63) is 0 Å². The highest BCUT2D eigenvalue weighted by molar-refractivity contribution is 5.00. The van der Waals surface area contributed by atoms with Gasteiger partial charge in [0.25, 0.3) is 0 Å². The zero-order valence-corrected chi connectivity index (χ0v) is 7.92. The summed E-state index contributed by atoms with van der Waals surface area (Å²) in [4.78, 5) is 0. The van der Waals surface area contributed by atoms with Crippen LogP contribution in [0.25, 0.3) is 0 Å². The number of ether oxygens (including phenoxy) is 3. The molecule has 0 spiro atoms. The lowest BCUT2D eigenvalue weighted by Crippen LogP contribution is -2.11. The zero-order chi connectivity index (χ0) is 9.23. The third-order valence-electron chi connectivity index (χ3n) is 1.18. The third kappa shape index (κ3) is 7.55. The minimum absolute atomic E-state index is 0.0578. The fourth-order valence-electron chi connectivity index (χ4n) is 0.596. The molecule has 0 radical (unpaired) electrons. The van der Waals surface area contributed by atoms with Gasteiger partial charge in [-0.3, -0.25) is 0 Å². The molecule has 0 amide bonds. The third-order valence-corrected chi connectivity index (χ3v) is 1.18. The first kappa shape index (κ1) is 11.4. The Morgan fingerprint density at radius 3 is 2.67 bits per heavy atom. The summed E-state index contributed by atoms with van der Waals surface area (Å²) in [7, 11) is 1.63. The van der Waals surface area contributed by atoms with Crippen LogP contribution in [0.4, 0.5) is 0 Å². The molecule has 1 atom stereocenters. The molecule has 0 saturated carbocycles. The summed E-state index contributed by atoms with van der Waals surface area (Å²) < 4.78 is 15.0. The van der Waals surface area contributed by atoms with Crippen LogP contribution in [0.5, 0.6) is 0 Å². The van der Waals surface area contributed by atoms with E-state index in [9.17, 15) is 0 Å². The number of rotatable bonds is 6. The smallest absolute Gasteiger partial charge is 0.148 e. The largest absolute Gasteiger partial charge is 0.382 e. The molecule has 1 unspecified atom stereocenters. The first-order valence-electron chi connectivity index (χ1n) is 3.91. The van der Waals surface area contributed by atoms with Crippen molar-refractivity contribution in [3.8, 4) is 11.8 Å². The zero-order valence-electron chi connectivity index (χ0n) is 7.92. The predicted molar refractivity (Wildman–Crippen MR) is 46.7 cm³/mol. The molecule has 70 valence electrons. The molecular formula is C9H16O3. The summed E-state index contributed by atoms with van der Waals surface area (Å²) in [5.74, 6) is 5.62. The standard InChI is InChI=1S/C9H16O3/c1-4-5-9(2)12-8-11-7-6-10-3/h9H,6-8H2,1-3H3. The Labute approximate surface area is 74.0 Å². The number of hydrogen-bond acceptors (Lipinski definition) is 3. The monoisotopic (exact) mass is 172 g/mol. The van der Waals surface area contributed by atoms with Crippen molar-refractivity contribution in [1.82, 2.24) is 0 Å². The van der Waals surface area contributed by atoms with Gasteiger partial charge in [-0.25, -0.2) is 0 Å². The van der Waals surface area contributed by atoms with Gasteiger partial charge in [0.2, 0.25) is 0 Å². The Kier molecular flexibility index (Phi) is 8.14.